The van der Waals surface area contributed by atoms with Gasteiger partial charge in [-0.25, -0.2) is 0 Å². The van der Waals surface area contributed by atoms with Gasteiger partial charge in [0.25, 0.3) is 0 Å². The van der Waals surface area contributed by atoms with Gasteiger partial charge in [0.2, 0.25) is 0 Å². The topological polar surface area (TPSA) is 20.2 Å². The first-order valence-electron chi connectivity index (χ1n) is 1.02. The third-order valence-corrected chi connectivity index (χ3v) is 0. The van der Waals surface area contributed by atoms with E-state index in [1.54, 1.807) is 6.92 Å². The Bertz CT molecular complexity index is 6.00. The third kappa shape index (κ3) is 10.7. The molecule has 0 unspecified atom stereocenters. The summed E-state index contributed by atoms with van der Waals surface area (Å²) in [6, 6.07) is 0. The average molecular weight is 86.1 g/mol. The van der Waals surface area contributed by atoms with E-state index in [2.05, 4.69) is 0 Å². The first-order valence-corrected chi connectivity index (χ1v) is 1.02. The molecule has 0 radical (unpaired) electrons. The molecule has 4 heavy (non-hydrogen) atoms. The number of rotatable bonds is 0. The zero-order valence-electron chi connectivity index (χ0n) is 2.86. The van der Waals surface area contributed by atoms with Gasteiger partial charge in [0.15, 0.2) is 0 Å². The van der Waals surface area contributed by atoms with E-state index in [4.69, 9.17) is 5.11 Å². The normalized spacial score (nSPS) is 4.50. The molecular weight excluding hydrogens is 80.1 g/mol. The molecule has 1 N–H and O–H groups in total. The van der Waals surface area contributed by atoms with Gasteiger partial charge < -0.3 is 5.11 Å². The van der Waals surface area contributed by atoms with Crippen molar-refractivity contribution in [1.82, 2.24) is 0 Å². The van der Waals surface area contributed by atoms with Crippen molar-refractivity contribution in [2.45, 2.75) is 6.92 Å². The molecule has 0 aliphatic carbocycles. The summed E-state index contributed by atoms with van der Waals surface area (Å²) in [6.45, 7) is 1.93. The van der Waals surface area contributed by atoms with Crippen LogP contribution in [-0.4, -0.2) is 49.5 Å². The van der Waals surface area contributed by atoms with Crippen molar-refractivity contribution < 1.29 is 5.11 Å². The Morgan fingerprint density at radius 3 is 1.75 bits per heavy atom. The molecule has 0 aromatic carbocycles. The Morgan fingerprint density at radius 2 is 1.75 bits per heavy atom. The van der Waals surface area contributed by atoms with Crippen molar-refractivity contribution in [3.8, 4) is 0 Å². The maximum Gasteiger partial charge on any atom is 2.00 e. The number of aliphatic hydroxyl groups excluding tert-OH is 1. The van der Waals surface area contributed by atoms with Crippen molar-refractivity contribution in [1.29, 1.82) is 0 Å². The molecule has 2 heteroatoms. The van der Waals surface area contributed by atoms with Crippen molar-refractivity contribution in [3.05, 3.63) is 0 Å². The zero-order valence-corrected chi connectivity index (χ0v) is 5.07. The van der Waals surface area contributed by atoms with Gasteiger partial charge in [-0.1, -0.05) is 0 Å². The van der Waals surface area contributed by atoms with Gasteiger partial charge in [-0.15, -0.1) is 0 Å². The van der Waals surface area contributed by atoms with Crippen LogP contribution in [0.1, 0.15) is 6.92 Å². The maximum absolute atomic E-state index is 7.57. The first-order chi connectivity index (χ1) is 1.41. The minimum Gasteiger partial charge on any atom is -0.397 e. The van der Waals surface area contributed by atoms with Crippen molar-refractivity contribution in [2.75, 3.05) is 6.61 Å². The molecule has 0 saturated heterocycles. The number of aliphatic hydroxyl groups is 1. The zero-order chi connectivity index (χ0) is 2.71. The summed E-state index contributed by atoms with van der Waals surface area (Å²) in [5.74, 6) is 0. The summed E-state index contributed by atoms with van der Waals surface area (Å²) in [6.07, 6.45) is 0. The van der Waals surface area contributed by atoms with E-state index >= 15 is 0 Å². The molecule has 0 bridgehead atoms. The van der Waals surface area contributed by atoms with E-state index in [0.29, 0.717) is 0 Å². The van der Waals surface area contributed by atoms with Gasteiger partial charge in [0.05, 0.1) is 0 Å². The summed E-state index contributed by atoms with van der Waals surface area (Å²) in [5, 5.41) is 7.57. The third-order valence-electron chi connectivity index (χ3n) is 0. The molecule has 0 aromatic heterocycles. The van der Waals surface area contributed by atoms with Crippen LogP contribution in [0.3, 0.4) is 0 Å². The van der Waals surface area contributed by atoms with Crippen molar-refractivity contribution >= 4 is 37.7 Å². The van der Waals surface area contributed by atoms with Crippen LogP contribution in [0, 0.1) is 0 Å². The Labute approximate surface area is 56.0 Å². The fraction of sp³-hybridized carbons (Fsp3) is 1.00. The Kier molecular flexibility index (Phi) is 19.9. The largest absolute Gasteiger partial charge is 2.00 e. The minimum absolute atomic E-state index is 0. The molecule has 20 valence electrons. The van der Waals surface area contributed by atoms with Gasteiger partial charge in [0.1, 0.15) is 0 Å². The molecule has 0 atom stereocenters. The summed E-state index contributed by atoms with van der Waals surface area (Å²) in [4.78, 5) is 0. The average Bonchev–Trinajstić information content (AvgIpc) is 0.918. The quantitative estimate of drug-likeness (QED) is 0.398. The first kappa shape index (κ1) is 8.97. The molecule has 0 aromatic rings. The van der Waals surface area contributed by atoms with Crippen LogP contribution in [0.5, 0.6) is 0 Å². The van der Waals surface area contributed by atoms with Gasteiger partial charge in [-0.3, -0.25) is 0 Å². The second-order valence-corrected chi connectivity index (χ2v) is 0.316. The second-order valence-electron chi connectivity index (χ2n) is 0.316. The van der Waals surface area contributed by atoms with Crippen LogP contribution in [-0.2, 0) is 0 Å². The summed E-state index contributed by atoms with van der Waals surface area (Å²) >= 11 is 0. The molecule has 1 nitrogen and oxygen atoms in total. The molecule has 0 aliphatic heterocycles. The molecule has 0 amide bonds. The van der Waals surface area contributed by atoms with Gasteiger partial charge in [-0.2, -0.15) is 0 Å². The molecule has 0 spiro atoms. The van der Waals surface area contributed by atoms with Crippen molar-refractivity contribution in [3.63, 3.8) is 0 Å². The Hall–Kier alpha value is 1.22. The van der Waals surface area contributed by atoms with E-state index in [-0.39, 0.29) is 44.3 Å². The van der Waals surface area contributed by atoms with E-state index in [9.17, 15) is 0 Å². The van der Waals surface area contributed by atoms with Crippen LogP contribution in [0.2, 0.25) is 0 Å². The fourth-order valence-corrected chi connectivity index (χ4v) is 0. The van der Waals surface area contributed by atoms with Crippen LogP contribution >= 0.6 is 0 Å². The molecular formula is C2H6CaO+2. The van der Waals surface area contributed by atoms with Gasteiger partial charge >= 0.3 is 37.7 Å². The van der Waals surface area contributed by atoms with E-state index in [1.165, 1.54) is 0 Å². The maximum atomic E-state index is 7.57. The molecule has 0 heterocycles. The van der Waals surface area contributed by atoms with E-state index in [1.807, 2.05) is 0 Å². The smallest absolute Gasteiger partial charge is 0.397 e. The SMILES string of the molecule is CCO.[Ca+2]. The predicted octanol–water partition coefficient (Wildman–Crippen LogP) is -0.382. The van der Waals surface area contributed by atoms with E-state index in [0.717, 1.165) is 0 Å². The molecule has 0 saturated carbocycles. The van der Waals surface area contributed by atoms with E-state index < -0.39 is 0 Å². The standard InChI is InChI=1S/C2H6O.Ca/c1-2-3;/h3H,2H2,1H3;/q;+2. The van der Waals surface area contributed by atoms with Crippen LogP contribution < -0.4 is 0 Å². The fourth-order valence-electron chi connectivity index (χ4n) is 0. The predicted molar refractivity (Wildman–Crippen MR) is 18.5 cm³/mol. The second kappa shape index (κ2) is 8.88. The van der Waals surface area contributed by atoms with Crippen LogP contribution in [0.25, 0.3) is 0 Å². The minimum atomic E-state index is 0. The number of hydrogen-bond acceptors (Lipinski definition) is 1. The monoisotopic (exact) mass is 86.0 g/mol. The summed E-state index contributed by atoms with van der Waals surface area (Å²) < 4.78 is 0. The summed E-state index contributed by atoms with van der Waals surface area (Å²) in [7, 11) is 0. The van der Waals surface area contributed by atoms with Gasteiger partial charge in [-0.05, 0) is 6.92 Å². The van der Waals surface area contributed by atoms with Crippen LogP contribution in [0.4, 0.5) is 0 Å². The molecule has 0 fully saturated rings. The van der Waals surface area contributed by atoms with Crippen LogP contribution in [0.15, 0.2) is 0 Å². The molecule has 0 rings (SSSR count). The molecule has 0 aliphatic rings. The summed E-state index contributed by atoms with van der Waals surface area (Å²) in [5.41, 5.74) is 0. The van der Waals surface area contributed by atoms with Crippen molar-refractivity contribution in [2.24, 2.45) is 0 Å². The number of hydrogen-bond donors (Lipinski definition) is 1. The Morgan fingerprint density at radius 1 is 1.75 bits per heavy atom. The van der Waals surface area contributed by atoms with Gasteiger partial charge in [0, 0.05) is 6.61 Å². The Balaban J connectivity index is 0.